The predicted octanol–water partition coefficient (Wildman–Crippen LogP) is 8.69. The molecule has 7 nitrogen and oxygen atoms in total. The number of halogens is 2. The van der Waals surface area contributed by atoms with Gasteiger partial charge in [-0.15, -0.1) is 0 Å². The van der Waals surface area contributed by atoms with Crippen molar-refractivity contribution in [1.82, 2.24) is 9.47 Å². The fourth-order valence-electron chi connectivity index (χ4n) is 4.90. The Bertz CT molecular complexity index is 1460. The van der Waals surface area contributed by atoms with Gasteiger partial charge in [0.1, 0.15) is 33.9 Å². The molecule has 1 saturated heterocycles. The zero-order valence-electron chi connectivity index (χ0n) is 24.5. The van der Waals surface area contributed by atoms with E-state index in [-0.39, 0.29) is 18.0 Å². The highest BCUT2D eigenvalue weighted by atomic mass is 35.5. The van der Waals surface area contributed by atoms with Gasteiger partial charge in [-0.3, -0.25) is 0 Å². The van der Waals surface area contributed by atoms with E-state index in [1.165, 1.54) is 12.1 Å². The molecule has 2 aromatic carbocycles. The van der Waals surface area contributed by atoms with Crippen molar-refractivity contribution in [2.45, 2.75) is 59.1 Å². The topological polar surface area (TPSA) is 79.6 Å². The first-order chi connectivity index (χ1) is 19.4. The molecule has 2 N–H and O–H groups in total. The van der Waals surface area contributed by atoms with Crippen molar-refractivity contribution in [1.29, 1.82) is 5.41 Å². The summed E-state index contributed by atoms with van der Waals surface area (Å²) in [5.74, 6) is 1.29. The highest BCUT2D eigenvalue weighted by Gasteiger charge is 2.35. The van der Waals surface area contributed by atoms with Gasteiger partial charge in [-0.05, 0) is 76.4 Å². The van der Waals surface area contributed by atoms with E-state index >= 15 is 0 Å². The van der Waals surface area contributed by atoms with Crippen LogP contribution in [0.2, 0.25) is 5.15 Å². The van der Waals surface area contributed by atoms with Crippen molar-refractivity contribution >= 4 is 29.2 Å². The maximum Gasteiger partial charge on any atom is 0.410 e. The maximum atomic E-state index is 13.6. The minimum absolute atomic E-state index is 0.107. The van der Waals surface area contributed by atoms with Crippen LogP contribution >= 0.6 is 11.6 Å². The number of nitrogens with zero attached hydrogens (tertiary/aromatic N) is 2. The van der Waals surface area contributed by atoms with E-state index < -0.39 is 5.60 Å². The van der Waals surface area contributed by atoms with Crippen LogP contribution in [-0.4, -0.2) is 47.0 Å². The summed E-state index contributed by atoms with van der Waals surface area (Å²) < 4.78 is 27.1. The van der Waals surface area contributed by atoms with Crippen molar-refractivity contribution in [3.63, 3.8) is 0 Å². The molecule has 1 unspecified atom stereocenters. The molecule has 4 rings (SSSR count). The second-order valence-corrected chi connectivity index (χ2v) is 11.6. The molecule has 2 heterocycles. The Balaban J connectivity index is 1.74. The third kappa shape index (κ3) is 6.93. The molecule has 0 bridgehead atoms. The van der Waals surface area contributed by atoms with Crippen LogP contribution in [0.15, 0.2) is 60.2 Å². The van der Waals surface area contributed by atoms with Gasteiger partial charge in [-0.1, -0.05) is 42.3 Å². The summed E-state index contributed by atoms with van der Waals surface area (Å²) in [5, 5.41) is 12.8. The standard InChI is InChI=1S/C32H38ClFN4O3/c1-7-20(2)17-26(35)28-27(21-11-13-24(14-12-21)40-25-10-8-9-22(34)18-25)29(33)38(30(28)36-6)23-15-16-37(19-23)31(39)41-32(3,4)5/h8-14,17-18,23,35-36H,7,15-16,19H2,1-6H3/b20-17+,35-26?. The Hall–Kier alpha value is -3.78. The lowest BCUT2D eigenvalue weighted by Crippen LogP contribution is -2.35. The van der Waals surface area contributed by atoms with E-state index in [0.717, 1.165) is 17.6 Å². The number of aromatic nitrogens is 1. The molecule has 1 fully saturated rings. The Morgan fingerprint density at radius 3 is 2.51 bits per heavy atom. The summed E-state index contributed by atoms with van der Waals surface area (Å²) in [7, 11) is 1.82. The summed E-state index contributed by atoms with van der Waals surface area (Å²) in [6.07, 6.45) is 3.03. The minimum atomic E-state index is -0.583. The van der Waals surface area contributed by atoms with Crippen LogP contribution in [0.25, 0.3) is 11.1 Å². The van der Waals surface area contributed by atoms with Crippen molar-refractivity contribution in [2.75, 3.05) is 25.5 Å². The third-order valence-electron chi connectivity index (χ3n) is 6.96. The zero-order chi connectivity index (χ0) is 29.9. The highest BCUT2D eigenvalue weighted by molar-refractivity contribution is 6.35. The van der Waals surface area contributed by atoms with Gasteiger partial charge in [0, 0.05) is 31.8 Å². The van der Waals surface area contributed by atoms with Gasteiger partial charge < -0.3 is 29.7 Å². The molecule has 41 heavy (non-hydrogen) atoms. The van der Waals surface area contributed by atoms with Gasteiger partial charge in [0.25, 0.3) is 0 Å². The number of amides is 1. The Morgan fingerprint density at radius 1 is 1.20 bits per heavy atom. The molecule has 0 aliphatic carbocycles. The first-order valence-electron chi connectivity index (χ1n) is 13.8. The summed E-state index contributed by atoms with van der Waals surface area (Å²) in [6, 6.07) is 13.2. The van der Waals surface area contributed by atoms with Gasteiger partial charge in [-0.25, -0.2) is 9.18 Å². The molecule has 1 aliphatic heterocycles. The molecule has 218 valence electrons. The number of hydrogen-bond acceptors (Lipinski definition) is 5. The van der Waals surface area contributed by atoms with Gasteiger partial charge in [0.15, 0.2) is 0 Å². The van der Waals surface area contributed by atoms with Crippen molar-refractivity contribution in [3.8, 4) is 22.6 Å². The Kier molecular flexibility index (Phi) is 9.12. The predicted molar refractivity (Wildman–Crippen MR) is 163 cm³/mol. The fourth-order valence-corrected chi connectivity index (χ4v) is 5.32. The van der Waals surface area contributed by atoms with Crippen LogP contribution in [0.1, 0.15) is 59.1 Å². The van der Waals surface area contributed by atoms with E-state index in [0.29, 0.717) is 58.8 Å². The second kappa shape index (κ2) is 12.4. The SMILES string of the molecule is CC/C(C)=C/C(=N)c1c(-c2ccc(Oc3cccc(F)c3)cc2)c(Cl)n(C2CCN(C(=O)OC(C)(C)C)C2)c1NC. The van der Waals surface area contributed by atoms with Crippen molar-refractivity contribution in [3.05, 3.63) is 76.7 Å². The number of rotatable bonds is 8. The highest BCUT2D eigenvalue weighted by Crippen LogP contribution is 2.44. The summed E-state index contributed by atoms with van der Waals surface area (Å²) in [6.45, 7) is 10.6. The van der Waals surface area contributed by atoms with Gasteiger partial charge in [0.2, 0.25) is 0 Å². The second-order valence-electron chi connectivity index (χ2n) is 11.2. The average molecular weight is 581 g/mol. The van der Waals surface area contributed by atoms with Gasteiger partial charge in [0.05, 0.1) is 17.3 Å². The number of benzene rings is 2. The van der Waals surface area contributed by atoms with Crippen LogP contribution in [0.5, 0.6) is 11.5 Å². The molecule has 0 radical (unpaired) electrons. The molecular weight excluding hydrogens is 543 g/mol. The maximum absolute atomic E-state index is 13.6. The van der Waals surface area contributed by atoms with Gasteiger partial charge >= 0.3 is 6.09 Å². The number of anilines is 1. The minimum Gasteiger partial charge on any atom is -0.457 e. The van der Waals surface area contributed by atoms with Crippen LogP contribution in [-0.2, 0) is 4.74 Å². The number of hydrogen-bond donors (Lipinski definition) is 2. The van der Waals surface area contributed by atoms with Gasteiger partial charge in [-0.2, -0.15) is 0 Å². The smallest absolute Gasteiger partial charge is 0.410 e. The molecule has 1 aromatic heterocycles. The lowest BCUT2D eigenvalue weighted by Gasteiger charge is -2.25. The number of ether oxygens (including phenoxy) is 2. The lowest BCUT2D eigenvalue weighted by molar-refractivity contribution is 0.0289. The molecule has 0 saturated carbocycles. The molecule has 3 aromatic rings. The largest absolute Gasteiger partial charge is 0.457 e. The van der Waals surface area contributed by atoms with Crippen molar-refractivity contribution in [2.24, 2.45) is 0 Å². The van der Waals surface area contributed by atoms with E-state index in [4.69, 9.17) is 26.5 Å². The fraction of sp³-hybridized carbons (Fsp3) is 0.375. The van der Waals surface area contributed by atoms with Crippen LogP contribution in [0.3, 0.4) is 0 Å². The molecule has 1 aliphatic rings. The van der Waals surface area contributed by atoms with Crippen LogP contribution in [0.4, 0.5) is 15.0 Å². The summed E-state index contributed by atoms with van der Waals surface area (Å²) in [4.78, 5) is 14.5. The molecule has 1 amide bonds. The van der Waals surface area contributed by atoms with Crippen LogP contribution < -0.4 is 10.1 Å². The molecule has 1 atom stereocenters. The van der Waals surface area contributed by atoms with E-state index in [2.05, 4.69) is 12.2 Å². The van der Waals surface area contributed by atoms with Crippen molar-refractivity contribution < 1.29 is 18.7 Å². The van der Waals surface area contributed by atoms with E-state index in [1.807, 2.05) is 57.5 Å². The lowest BCUT2D eigenvalue weighted by atomic mass is 9.99. The third-order valence-corrected chi connectivity index (χ3v) is 7.33. The number of nitrogens with one attached hydrogen (secondary N) is 2. The van der Waals surface area contributed by atoms with E-state index in [9.17, 15) is 9.18 Å². The quantitative estimate of drug-likeness (QED) is 0.261. The average Bonchev–Trinajstić information content (AvgIpc) is 3.50. The normalized spacial score (nSPS) is 15.7. The number of carbonyl (C=O) groups excluding carboxylic acids is 1. The van der Waals surface area contributed by atoms with E-state index in [1.54, 1.807) is 29.2 Å². The summed E-state index contributed by atoms with van der Waals surface area (Å²) in [5.41, 5.74) is 3.03. The molecular formula is C32H38ClFN4O3. The zero-order valence-corrected chi connectivity index (χ0v) is 25.2. The number of likely N-dealkylation sites (tertiary alicyclic amines) is 1. The van der Waals surface area contributed by atoms with Crippen LogP contribution in [0, 0.1) is 11.2 Å². The first kappa shape index (κ1) is 30.2. The summed E-state index contributed by atoms with van der Waals surface area (Å²) >= 11 is 7.16. The molecule has 0 spiro atoms. The first-order valence-corrected chi connectivity index (χ1v) is 14.2. The number of carbonyl (C=O) groups is 1. The Morgan fingerprint density at radius 2 is 1.90 bits per heavy atom. The molecule has 9 heteroatoms. The monoisotopic (exact) mass is 580 g/mol. The number of allylic oxidation sites excluding steroid dienone is 2. The Labute approximate surface area is 246 Å².